The Kier molecular flexibility index (Phi) is 7.04. The zero-order chi connectivity index (χ0) is 19.1. The third-order valence-corrected chi connectivity index (χ3v) is 4.17. The minimum Gasteiger partial charge on any atom is -0.495 e. The molecule has 0 atom stereocenters. The molecule has 0 unspecified atom stereocenters. The summed E-state index contributed by atoms with van der Waals surface area (Å²) in [4.78, 5) is 25.8. The van der Waals surface area contributed by atoms with Gasteiger partial charge in [0.25, 0.3) is 0 Å². The normalized spacial score (nSPS) is 10.3. The molecule has 0 heterocycles. The van der Waals surface area contributed by atoms with Crippen molar-refractivity contribution in [1.29, 1.82) is 0 Å². The topological polar surface area (TPSA) is 58.6 Å². The first-order valence-electron chi connectivity index (χ1n) is 8.34. The molecule has 5 nitrogen and oxygen atoms in total. The number of aryl methyl sites for hydroxylation is 1. The first-order valence-corrected chi connectivity index (χ1v) is 8.72. The van der Waals surface area contributed by atoms with Gasteiger partial charge in [-0.3, -0.25) is 14.5 Å². The third-order valence-electron chi connectivity index (χ3n) is 3.93. The molecular weight excluding hydrogens is 352 g/mol. The Bertz CT molecular complexity index is 792. The number of nitrogens with one attached hydrogen (secondary N) is 1. The minimum absolute atomic E-state index is 0.0648. The van der Waals surface area contributed by atoms with E-state index in [2.05, 4.69) is 5.32 Å². The summed E-state index contributed by atoms with van der Waals surface area (Å²) in [7, 11) is 1.54. The molecule has 0 aliphatic heterocycles. The maximum Gasteiger partial charge on any atom is 0.240 e. The molecule has 0 radical (unpaired) electrons. The number of nitrogens with zero attached hydrogens (tertiary/aromatic N) is 1. The van der Waals surface area contributed by atoms with E-state index in [1.807, 2.05) is 43.3 Å². The number of amides is 2. The van der Waals surface area contributed by atoms with E-state index in [-0.39, 0.29) is 18.4 Å². The molecule has 0 saturated carbocycles. The Labute approximate surface area is 158 Å². The van der Waals surface area contributed by atoms with Crippen LogP contribution in [0, 0.1) is 6.92 Å². The smallest absolute Gasteiger partial charge is 0.240 e. The van der Waals surface area contributed by atoms with Gasteiger partial charge in [0.1, 0.15) is 12.3 Å². The summed E-state index contributed by atoms with van der Waals surface area (Å²) in [5, 5.41) is 3.51. The molecule has 2 amide bonds. The molecule has 0 aliphatic carbocycles. The summed E-state index contributed by atoms with van der Waals surface area (Å²) in [6.45, 7) is 3.76. The molecule has 0 aliphatic rings. The lowest BCUT2D eigenvalue weighted by Crippen LogP contribution is -2.40. The van der Waals surface area contributed by atoms with Crippen molar-refractivity contribution in [3.8, 4) is 5.75 Å². The standard InChI is InChI=1S/C20H23ClN2O3/c1-14-7-8-19(26-3)18(11-14)23(15(2)24)13-20(25)22-10-9-16-5-4-6-17(21)12-16/h4-8,11-12H,9-10,13H2,1-3H3,(H,22,25). The van der Waals surface area contributed by atoms with E-state index in [9.17, 15) is 9.59 Å². The lowest BCUT2D eigenvalue weighted by atomic mass is 10.1. The molecule has 0 fully saturated rings. The van der Waals surface area contributed by atoms with Crippen LogP contribution in [0.5, 0.6) is 5.75 Å². The second-order valence-corrected chi connectivity index (χ2v) is 6.45. The predicted molar refractivity (Wildman–Crippen MR) is 104 cm³/mol. The Morgan fingerprint density at radius 2 is 1.96 bits per heavy atom. The van der Waals surface area contributed by atoms with Gasteiger partial charge in [-0.25, -0.2) is 0 Å². The van der Waals surface area contributed by atoms with Crippen LogP contribution < -0.4 is 15.0 Å². The summed E-state index contributed by atoms with van der Waals surface area (Å²) in [5.74, 6) is 0.0993. The highest BCUT2D eigenvalue weighted by Gasteiger charge is 2.19. The number of carbonyl (C=O) groups excluding carboxylic acids is 2. The number of ether oxygens (including phenoxy) is 1. The molecule has 2 aromatic rings. The van der Waals surface area contributed by atoms with Crippen LogP contribution in [0.4, 0.5) is 5.69 Å². The lowest BCUT2D eigenvalue weighted by molar-refractivity contribution is -0.123. The molecule has 138 valence electrons. The van der Waals surface area contributed by atoms with Crippen molar-refractivity contribution in [3.05, 3.63) is 58.6 Å². The van der Waals surface area contributed by atoms with Crippen molar-refractivity contribution in [1.82, 2.24) is 5.32 Å². The van der Waals surface area contributed by atoms with Gasteiger partial charge in [0.2, 0.25) is 11.8 Å². The third kappa shape index (κ3) is 5.49. The molecule has 1 N–H and O–H groups in total. The molecule has 0 aromatic heterocycles. The number of anilines is 1. The van der Waals surface area contributed by atoms with Gasteiger partial charge in [-0.2, -0.15) is 0 Å². The molecule has 0 spiro atoms. The Balaban J connectivity index is 2.00. The fourth-order valence-electron chi connectivity index (χ4n) is 2.62. The van der Waals surface area contributed by atoms with E-state index < -0.39 is 0 Å². The summed E-state index contributed by atoms with van der Waals surface area (Å²) in [6.07, 6.45) is 0.667. The average Bonchev–Trinajstić information content (AvgIpc) is 2.59. The summed E-state index contributed by atoms with van der Waals surface area (Å²) >= 11 is 5.96. The zero-order valence-corrected chi connectivity index (χ0v) is 16.0. The average molecular weight is 375 g/mol. The quantitative estimate of drug-likeness (QED) is 0.808. The summed E-state index contributed by atoms with van der Waals surface area (Å²) in [6, 6.07) is 13.0. The van der Waals surface area contributed by atoms with Crippen LogP contribution in [0.1, 0.15) is 18.1 Å². The number of hydrogen-bond donors (Lipinski definition) is 1. The van der Waals surface area contributed by atoms with Gasteiger partial charge in [-0.1, -0.05) is 29.8 Å². The van der Waals surface area contributed by atoms with Gasteiger partial charge in [-0.15, -0.1) is 0 Å². The van der Waals surface area contributed by atoms with Gasteiger partial charge < -0.3 is 10.1 Å². The molecule has 0 bridgehead atoms. The van der Waals surface area contributed by atoms with E-state index in [0.717, 1.165) is 11.1 Å². The molecule has 26 heavy (non-hydrogen) atoms. The van der Waals surface area contributed by atoms with Crippen LogP contribution in [0.2, 0.25) is 5.02 Å². The highest BCUT2D eigenvalue weighted by Crippen LogP contribution is 2.29. The van der Waals surface area contributed by atoms with Crippen molar-refractivity contribution in [2.24, 2.45) is 0 Å². The maximum absolute atomic E-state index is 12.3. The van der Waals surface area contributed by atoms with Crippen LogP contribution >= 0.6 is 11.6 Å². The highest BCUT2D eigenvalue weighted by molar-refractivity contribution is 6.30. The van der Waals surface area contributed by atoms with Crippen LogP contribution in [0.15, 0.2) is 42.5 Å². The zero-order valence-electron chi connectivity index (χ0n) is 15.2. The number of halogens is 1. The Morgan fingerprint density at radius 3 is 2.62 bits per heavy atom. The van der Waals surface area contributed by atoms with Crippen LogP contribution in [-0.4, -0.2) is 32.0 Å². The monoisotopic (exact) mass is 374 g/mol. The van der Waals surface area contributed by atoms with Crippen LogP contribution in [0.25, 0.3) is 0 Å². The Morgan fingerprint density at radius 1 is 1.19 bits per heavy atom. The molecule has 2 rings (SSSR count). The van der Waals surface area contributed by atoms with Crippen molar-refractivity contribution < 1.29 is 14.3 Å². The van der Waals surface area contributed by atoms with Gasteiger partial charge in [0.15, 0.2) is 0 Å². The van der Waals surface area contributed by atoms with Crippen LogP contribution in [-0.2, 0) is 16.0 Å². The van der Waals surface area contributed by atoms with E-state index >= 15 is 0 Å². The van der Waals surface area contributed by atoms with Crippen molar-refractivity contribution >= 4 is 29.1 Å². The number of carbonyl (C=O) groups is 2. The van der Waals surface area contributed by atoms with Crippen molar-refractivity contribution in [3.63, 3.8) is 0 Å². The van der Waals surface area contributed by atoms with Crippen molar-refractivity contribution in [2.45, 2.75) is 20.3 Å². The predicted octanol–water partition coefficient (Wildman–Crippen LogP) is 3.37. The fourth-order valence-corrected chi connectivity index (χ4v) is 2.83. The highest BCUT2D eigenvalue weighted by atomic mass is 35.5. The first kappa shape index (κ1) is 19.8. The molecule has 2 aromatic carbocycles. The van der Waals surface area contributed by atoms with Crippen LogP contribution in [0.3, 0.4) is 0 Å². The van der Waals surface area contributed by atoms with E-state index in [1.54, 1.807) is 6.07 Å². The minimum atomic E-state index is -0.231. The van der Waals surface area contributed by atoms with Crippen molar-refractivity contribution in [2.75, 3.05) is 25.1 Å². The number of rotatable bonds is 7. The molecule has 0 saturated heterocycles. The first-order chi connectivity index (χ1) is 12.4. The molecule has 6 heteroatoms. The summed E-state index contributed by atoms with van der Waals surface area (Å²) < 4.78 is 5.33. The van der Waals surface area contributed by atoms with Gasteiger partial charge in [-0.05, 0) is 48.7 Å². The lowest BCUT2D eigenvalue weighted by Gasteiger charge is -2.23. The van der Waals surface area contributed by atoms with E-state index in [0.29, 0.717) is 29.4 Å². The Hall–Kier alpha value is -2.53. The summed E-state index contributed by atoms with van der Waals surface area (Å²) in [5.41, 5.74) is 2.61. The largest absolute Gasteiger partial charge is 0.495 e. The number of hydrogen-bond acceptors (Lipinski definition) is 3. The second kappa shape index (κ2) is 9.25. The van der Waals surface area contributed by atoms with E-state index in [1.165, 1.54) is 18.9 Å². The maximum atomic E-state index is 12.3. The SMILES string of the molecule is COc1ccc(C)cc1N(CC(=O)NCCc1cccc(Cl)c1)C(C)=O. The van der Waals surface area contributed by atoms with Gasteiger partial charge in [0.05, 0.1) is 12.8 Å². The van der Waals surface area contributed by atoms with E-state index in [4.69, 9.17) is 16.3 Å². The number of methoxy groups -OCH3 is 1. The molecular formula is C20H23ClN2O3. The fraction of sp³-hybridized carbons (Fsp3) is 0.300. The second-order valence-electron chi connectivity index (χ2n) is 6.01. The number of benzene rings is 2. The van der Waals surface area contributed by atoms with Gasteiger partial charge >= 0.3 is 0 Å². The van der Waals surface area contributed by atoms with Gasteiger partial charge in [0, 0.05) is 18.5 Å².